The van der Waals surface area contributed by atoms with E-state index in [1.165, 1.54) is 0 Å². The lowest BCUT2D eigenvalue weighted by molar-refractivity contribution is -0.157. The number of carbonyl (C=O) groups excluding carboxylic acids is 2. The SMILES string of the molecule is CCOC(=O)[C@@H]1C(=O)OC(C)(C)[C@H]1C. The van der Waals surface area contributed by atoms with Gasteiger partial charge in [0.1, 0.15) is 5.60 Å². The molecule has 80 valence electrons. The zero-order valence-electron chi connectivity index (χ0n) is 8.99. The lowest BCUT2D eigenvalue weighted by Crippen LogP contribution is -2.31. The smallest absolute Gasteiger partial charge is 0.321 e. The molecule has 14 heavy (non-hydrogen) atoms. The van der Waals surface area contributed by atoms with Crippen molar-refractivity contribution < 1.29 is 19.1 Å². The summed E-state index contributed by atoms with van der Waals surface area (Å²) in [5.74, 6) is -1.85. The highest BCUT2D eigenvalue weighted by molar-refractivity contribution is 5.97. The summed E-state index contributed by atoms with van der Waals surface area (Å²) in [4.78, 5) is 22.8. The van der Waals surface area contributed by atoms with Crippen LogP contribution in [0.4, 0.5) is 0 Å². The van der Waals surface area contributed by atoms with Crippen molar-refractivity contribution in [3.8, 4) is 0 Å². The van der Waals surface area contributed by atoms with Crippen molar-refractivity contribution in [3.05, 3.63) is 0 Å². The summed E-state index contributed by atoms with van der Waals surface area (Å²) in [6.45, 7) is 7.43. The van der Waals surface area contributed by atoms with Crippen LogP contribution in [-0.2, 0) is 19.1 Å². The van der Waals surface area contributed by atoms with E-state index >= 15 is 0 Å². The fourth-order valence-corrected chi connectivity index (χ4v) is 1.55. The van der Waals surface area contributed by atoms with Gasteiger partial charge >= 0.3 is 11.9 Å². The van der Waals surface area contributed by atoms with Crippen LogP contribution in [0.15, 0.2) is 0 Å². The predicted molar refractivity (Wildman–Crippen MR) is 49.5 cm³/mol. The summed E-state index contributed by atoms with van der Waals surface area (Å²) in [5.41, 5.74) is -0.575. The Bertz CT molecular complexity index is 257. The molecule has 4 heteroatoms. The number of esters is 2. The lowest BCUT2D eigenvalue weighted by atomic mass is 9.85. The van der Waals surface area contributed by atoms with Gasteiger partial charge in [0.05, 0.1) is 6.61 Å². The number of hydrogen-bond donors (Lipinski definition) is 0. The highest BCUT2D eigenvalue weighted by Gasteiger charge is 2.51. The minimum atomic E-state index is -0.759. The molecule has 0 aromatic rings. The zero-order valence-corrected chi connectivity index (χ0v) is 8.99. The van der Waals surface area contributed by atoms with E-state index in [0.717, 1.165) is 0 Å². The van der Waals surface area contributed by atoms with Gasteiger partial charge in [-0.25, -0.2) is 0 Å². The van der Waals surface area contributed by atoms with Crippen LogP contribution in [0.3, 0.4) is 0 Å². The van der Waals surface area contributed by atoms with Crippen molar-refractivity contribution in [2.75, 3.05) is 6.61 Å². The summed E-state index contributed by atoms with van der Waals surface area (Å²) >= 11 is 0. The monoisotopic (exact) mass is 200 g/mol. The van der Waals surface area contributed by atoms with Crippen molar-refractivity contribution in [2.24, 2.45) is 11.8 Å². The highest BCUT2D eigenvalue weighted by Crippen LogP contribution is 2.37. The molecule has 0 amide bonds. The van der Waals surface area contributed by atoms with Crippen LogP contribution >= 0.6 is 0 Å². The normalized spacial score (nSPS) is 29.9. The Morgan fingerprint density at radius 2 is 2.14 bits per heavy atom. The summed E-state index contributed by atoms with van der Waals surface area (Å²) in [6, 6.07) is 0. The standard InChI is InChI=1S/C10H16O4/c1-5-13-8(11)7-6(2)10(3,4)14-9(7)12/h6-7H,5H2,1-4H3/t6-,7+/m0/s1. The predicted octanol–water partition coefficient (Wildman–Crippen LogP) is 1.14. The molecular formula is C10H16O4. The molecule has 0 radical (unpaired) electrons. The molecule has 0 saturated carbocycles. The number of rotatable bonds is 2. The number of cyclic esters (lactones) is 1. The van der Waals surface area contributed by atoms with Gasteiger partial charge < -0.3 is 9.47 Å². The lowest BCUT2D eigenvalue weighted by Gasteiger charge is -2.22. The maximum Gasteiger partial charge on any atom is 0.321 e. The van der Waals surface area contributed by atoms with E-state index in [9.17, 15) is 9.59 Å². The van der Waals surface area contributed by atoms with Crippen molar-refractivity contribution in [1.29, 1.82) is 0 Å². The minimum absolute atomic E-state index is 0.144. The molecule has 1 heterocycles. The molecule has 0 spiro atoms. The van der Waals surface area contributed by atoms with E-state index in [4.69, 9.17) is 9.47 Å². The molecule has 1 fully saturated rings. The molecule has 1 saturated heterocycles. The van der Waals surface area contributed by atoms with Crippen LogP contribution < -0.4 is 0 Å². The van der Waals surface area contributed by atoms with Crippen molar-refractivity contribution in [2.45, 2.75) is 33.3 Å². The Kier molecular flexibility index (Phi) is 2.83. The molecule has 0 aromatic heterocycles. The van der Waals surface area contributed by atoms with E-state index in [2.05, 4.69) is 0 Å². The molecule has 1 aliphatic heterocycles. The van der Waals surface area contributed by atoms with Gasteiger partial charge in [0.2, 0.25) is 0 Å². The molecule has 0 aliphatic carbocycles. The van der Waals surface area contributed by atoms with E-state index < -0.39 is 23.5 Å². The zero-order chi connectivity index (χ0) is 10.9. The first kappa shape index (κ1) is 11.0. The molecule has 4 nitrogen and oxygen atoms in total. The third-order valence-corrected chi connectivity index (χ3v) is 2.75. The van der Waals surface area contributed by atoms with Crippen molar-refractivity contribution in [1.82, 2.24) is 0 Å². The average Bonchev–Trinajstić information content (AvgIpc) is 2.22. The van der Waals surface area contributed by atoms with E-state index in [0.29, 0.717) is 0 Å². The summed E-state index contributed by atoms with van der Waals surface area (Å²) < 4.78 is 9.92. The highest BCUT2D eigenvalue weighted by atomic mass is 16.6. The van der Waals surface area contributed by atoms with Crippen molar-refractivity contribution in [3.63, 3.8) is 0 Å². The quantitative estimate of drug-likeness (QED) is 0.495. The van der Waals surface area contributed by atoms with Crippen LogP contribution in [0, 0.1) is 11.8 Å². The third-order valence-electron chi connectivity index (χ3n) is 2.75. The molecule has 2 atom stereocenters. The largest absolute Gasteiger partial charge is 0.465 e. The third kappa shape index (κ3) is 1.74. The second kappa shape index (κ2) is 3.59. The number of ether oxygens (including phenoxy) is 2. The molecule has 0 N–H and O–H groups in total. The van der Waals surface area contributed by atoms with Gasteiger partial charge in [-0.1, -0.05) is 6.92 Å². The van der Waals surface area contributed by atoms with Gasteiger partial charge in [0.15, 0.2) is 5.92 Å². The van der Waals surface area contributed by atoms with Crippen LogP contribution in [-0.4, -0.2) is 24.1 Å². The van der Waals surface area contributed by atoms with Crippen LogP contribution in [0.1, 0.15) is 27.7 Å². The molecule has 0 bridgehead atoms. The first-order valence-corrected chi connectivity index (χ1v) is 4.79. The first-order chi connectivity index (χ1) is 6.40. The van der Waals surface area contributed by atoms with Crippen LogP contribution in [0.2, 0.25) is 0 Å². The summed E-state index contributed by atoms with van der Waals surface area (Å²) in [5, 5.41) is 0. The Labute approximate surface area is 83.6 Å². The minimum Gasteiger partial charge on any atom is -0.465 e. The Morgan fingerprint density at radius 3 is 2.50 bits per heavy atom. The first-order valence-electron chi connectivity index (χ1n) is 4.79. The topological polar surface area (TPSA) is 52.6 Å². The maximum absolute atomic E-state index is 11.4. The van der Waals surface area contributed by atoms with Gasteiger partial charge in [0, 0.05) is 5.92 Å². The Hall–Kier alpha value is -1.06. The van der Waals surface area contributed by atoms with Gasteiger partial charge in [-0.2, -0.15) is 0 Å². The average molecular weight is 200 g/mol. The Morgan fingerprint density at radius 1 is 1.57 bits per heavy atom. The summed E-state index contributed by atoms with van der Waals surface area (Å²) in [6.07, 6.45) is 0. The van der Waals surface area contributed by atoms with E-state index in [1.54, 1.807) is 20.8 Å². The van der Waals surface area contributed by atoms with Crippen LogP contribution in [0.25, 0.3) is 0 Å². The number of carbonyl (C=O) groups is 2. The van der Waals surface area contributed by atoms with Gasteiger partial charge in [-0.15, -0.1) is 0 Å². The molecule has 1 aliphatic rings. The van der Waals surface area contributed by atoms with Crippen molar-refractivity contribution >= 4 is 11.9 Å². The van der Waals surface area contributed by atoms with Crippen LogP contribution in [0.5, 0.6) is 0 Å². The fraction of sp³-hybridized carbons (Fsp3) is 0.800. The summed E-state index contributed by atoms with van der Waals surface area (Å²) in [7, 11) is 0. The van der Waals surface area contributed by atoms with Gasteiger partial charge in [0.25, 0.3) is 0 Å². The molecule has 0 unspecified atom stereocenters. The van der Waals surface area contributed by atoms with E-state index in [1.807, 2.05) is 6.92 Å². The molecular weight excluding hydrogens is 184 g/mol. The second-order valence-corrected chi connectivity index (χ2v) is 4.04. The van der Waals surface area contributed by atoms with E-state index in [-0.39, 0.29) is 12.5 Å². The molecule has 1 rings (SSSR count). The molecule has 0 aromatic carbocycles. The maximum atomic E-state index is 11.4. The Balaban J connectivity index is 2.80. The van der Waals surface area contributed by atoms with Gasteiger partial charge in [-0.05, 0) is 20.8 Å². The van der Waals surface area contributed by atoms with Gasteiger partial charge in [-0.3, -0.25) is 9.59 Å². The fourth-order valence-electron chi connectivity index (χ4n) is 1.55. The number of hydrogen-bond acceptors (Lipinski definition) is 4. The second-order valence-electron chi connectivity index (χ2n) is 4.04.